The molecule has 0 unspecified atom stereocenters. The lowest BCUT2D eigenvalue weighted by Crippen LogP contribution is -2.59. The number of piperidine rings is 2. The van der Waals surface area contributed by atoms with Gasteiger partial charge in [0.25, 0.3) is 0 Å². The Kier molecular flexibility index (Phi) is 5.15. The molecule has 2 aliphatic rings. The highest BCUT2D eigenvalue weighted by atomic mass is 16.6. The third kappa shape index (κ3) is 4.10. The van der Waals surface area contributed by atoms with Gasteiger partial charge in [-0.3, -0.25) is 4.90 Å². The van der Waals surface area contributed by atoms with Crippen molar-refractivity contribution in [2.45, 2.75) is 64.0 Å². The summed E-state index contributed by atoms with van der Waals surface area (Å²) in [5, 5.41) is 9.93. The lowest BCUT2D eigenvalue weighted by atomic mass is 9.85. The molecule has 5 nitrogen and oxygen atoms in total. The van der Waals surface area contributed by atoms with Crippen LogP contribution < -0.4 is 0 Å². The number of hydrogen-bond donors (Lipinski definition) is 1. The van der Waals surface area contributed by atoms with Crippen molar-refractivity contribution in [3.8, 4) is 0 Å². The van der Waals surface area contributed by atoms with Gasteiger partial charge in [0, 0.05) is 18.6 Å². The number of hydrogen-bond acceptors (Lipinski definition) is 4. The third-order valence-corrected chi connectivity index (χ3v) is 4.67. The normalized spacial score (nSPS) is 23.9. The Labute approximate surface area is 128 Å². The number of rotatable bonds is 2. The summed E-state index contributed by atoms with van der Waals surface area (Å²) >= 11 is 0. The van der Waals surface area contributed by atoms with Gasteiger partial charge in [0.1, 0.15) is 5.60 Å². The van der Waals surface area contributed by atoms with Crippen LogP contribution in [0.1, 0.15) is 52.9 Å². The van der Waals surface area contributed by atoms with E-state index in [9.17, 15) is 9.90 Å². The van der Waals surface area contributed by atoms with Crippen LogP contribution in [-0.4, -0.2) is 64.9 Å². The molecular weight excluding hydrogens is 268 g/mol. The van der Waals surface area contributed by atoms with Crippen LogP contribution in [0.5, 0.6) is 0 Å². The first-order valence-electron chi connectivity index (χ1n) is 8.20. The molecule has 0 radical (unpaired) electrons. The monoisotopic (exact) mass is 298 g/mol. The van der Waals surface area contributed by atoms with E-state index in [-0.39, 0.29) is 18.2 Å². The number of ether oxygens (including phenoxy) is 1. The minimum absolute atomic E-state index is 0.126. The van der Waals surface area contributed by atoms with Crippen LogP contribution >= 0.6 is 0 Å². The highest BCUT2D eigenvalue weighted by molar-refractivity contribution is 5.68. The summed E-state index contributed by atoms with van der Waals surface area (Å²) in [7, 11) is 0. The van der Waals surface area contributed by atoms with E-state index in [2.05, 4.69) is 4.90 Å². The molecule has 21 heavy (non-hydrogen) atoms. The molecule has 2 aliphatic heterocycles. The molecule has 1 N–H and O–H groups in total. The zero-order chi connectivity index (χ0) is 15.5. The third-order valence-electron chi connectivity index (χ3n) is 4.67. The maximum Gasteiger partial charge on any atom is 0.410 e. The predicted octanol–water partition coefficient (Wildman–Crippen LogP) is 2.23. The summed E-state index contributed by atoms with van der Waals surface area (Å²) < 4.78 is 5.44. The maximum atomic E-state index is 12.1. The van der Waals surface area contributed by atoms with Crippen molar-refractivity contribution in [1.82, 2.24) is 9.80 Å². The van der Waals surface area contributed by atoms with Crippen molar-refractivity contribution in [2.75, 3.05) is 32.8 Å². The molecule has 0 spiro atoms. The van der Waals surface area contributed by atoms with Crippen molar-refractivity contribution in [3.05, 3.63) is 0 Å². The molecule has 0 atom stereocenters. The van der Waals surface area contributed by atoms with E-state index >= 15 is 0 Å². The van der Waals surface area contributed by atoms with E-state index in [0.717, 1.165) is 25.9 Å². The first-order valence-corrected chi connectivity index (χ1v) is 8.20. The zero-order valence-corrected chi connectivity index (χ0v) is 13.7. The number of amides is 1. The summed E-state index contributed by atoms with van der Waals surface area (Å²) in [5.74, 6) is 0. The second kappa shape index (κ2) is 6.53. The first kappa shape index (κ1) is 16.6. The van der Waals surface area contributed by atoms with Gasteiger partial charge in [0.15, 0.2) is 0 Å². The number of aliphatic hydroxyl groups is 1. The van der Waals surface area contributed by atoms with Crippen molar-refractivity contribution >= 4 is 6.09 Å². The Balaban J connectivity index is 1.92. The smallest absolute Gasteiger partial charge is 0.410 e. The van der Waals surface area contributed by atoms with Crippen molar-refractivity contribution in [2.24, 2.45) is 0 Å². The molecule has 0 aromatic heterocycles. The molecule has 2 fully saturated rings. The molecule has 122 valence electrons. The Morgan fingerprint density at radius 1 is 1.10 bits per heavy atom. The summed E-state index contributed by atoms with van der Waals surface area (Å²) in [6.45, 7) is 9.36. The predicted molar refractivity (Wildman–Crippen MR) is 82.3 cm³/mol. The second-order valence-corrected chi connectivity index (χ2v) is 7.40. The summed E-state index contributed by atoms with van der Waals surface area (Å²) in [4.78, 5) is 16.3. The number of nitrogens with zero attached hydrogens (tertiary/aromatic N) is 2. The van der Waals surface area contributed by atoms with Gasteiger partial charge in [-0.2, -0.15) is 0 Å². The van der Waals surface area contributed by atoms with Crippen LogP contribution in [-0.2, 0) is 4.74 Å². The molecule has 2 rings (SSSR count). The van der Waals surface area contributed by atoms with Crippen LogP contribution in [0.2, 0.25) is 0 Å². The zero-order valence-electron chi connectivity index (χ0n) is 13.7. The molecule has 0 aliphatic carbocycles. The van der Waals surface area contributed by atoms with Crippen LogP contribution in [0.15, 0.2) is 0 Å². The molecular formula is C16H30N2O3. The van der Waals surface area contributed by atoms with E-state index in [1.165, 1.54) is 19.3 Å². The lowest BCUT2D eigenvalue weighted by Gasteiger charge is -2.49. The summed E-state index contributed by atoms with van der Waals surface area (Å²) in [6.07, 6.45) is 5.18. The molecule has 0 aromatic carbocycles. The SMILES string of the molecule is CC(C)(C)OC(=O)N1CCC(CO)(N2CCCCC2)CC1. The van der Waals surface area contributed by atoms with Crippen LogP contribution in [0, 0.1) is 0 Å². The Morgan fingerprint density at radius 2 is 1.67 bits per heavy atom. The van der Waals surface area contributed by atoms with E-state index in [4.69, 9.17) is 4.74 Å². The van der Waals surface area contributed by atoms with Crippen LogP contribution in [0.4, 0.5) is 4.79 Å². The molecule has 2 saturated heterocycles. The average molecular weight is 298 g/mol. The quantitative estimate of drug-likeness (QED) is 0.849. The Bertz CT molecular complexity index is 351. The topological polar surface area (TPSA) is 53.0 Å². The summed E-state index contributed by atoms with van der Waals surface area (Å²) in [6, 6.07) is 0. The van der Waals surface area contributed by atoms with E-state index in [1.807, 2.05) is 20.8 Å². The second-order valence-electron chi connectivity index (χ2n) is 7.40. The van der Waals surface area contributed by atoms with Crippen molar-refractivity contribution < 1.29 is 14.6 Å². The molecule has 5 heteroatoms. The standard InChI is InChI=1S/C16H30N2O3/c1-15(2,3)21-14(20)17-11-7-16(13-19,8-12-17)18-9-5-4-6-10-18/h19H,4-13H2,1-3H3. The van der Waals surface area contributed by atoms with E-state index in [0.29, 0.717) is 13.1 Å². The minimum atomic E-state index is -0.449. The van der Waals surface area contributed by atoms with Crippen LogP contribution in [0.25, 0.3) is 0 Å². The molecule has 0 aromatic rings. The molecule has 0 saturated carbocycles. The molecule has 0 bridgehead atoms. The Morgan fingerprint density at radius 3 is 2.14 bits per heavy atom. The van der Waals surface area contributed by atoms with Gasteiger partial charge in [-0.05, 0) is 59.5 Å². The number of carbonyl (C=O) groups excluding carboxylic acids is 1. The van der Waals surface area contributed by atoms with Gasteiger partial charge in [-0.25, -0.2) is 4.79 Å². The van der Waals surface area contributed by atoms with Gasteiger partial charge in [0.05, 0.1) is 6.61 Å². The van der Waals surface area contributed by atoms with Gasteiger partial charge in [-0.1, -0.05) is 6.42 Å². The maximum absolute atomic E-state index is 12.1. The van der Waals surface area contributed by atoms with Crippen molar-refractivity contribution in [1.29, 1.82) is 0 Å². The van der Waals surface area contributed by atoms with E-state index in [1.54, 1.807) is 4.90 Å². The van der Waals surface area contributed by atoms with E-state index < -0.39 is 5.60 Å². The number of aliphatic hydroxyl groups excluding tert-OH is 1. The molecule has 1 amide bonds. The first-order chi connectivity index (χ1) is 9.86. The fourth-order valence-corrected chi connectivity index (χ4v) is 3.37. The average Bonchev–Trinajstić information content (AvgIpc) is 2.46. The highest BCUT2D eigenvalue weighted by Gasteiger charge is 2.41. The van der Waals surface area contributed by atoms with Gasteiger partial charge in [-0.15, -0.1) is 0 Å². The largest absolute Gasteiger partial charge is 0.444 e. The van der Waals surface area contributed by atoms with Gasteiger partial charge < -0.3 is 14.7 Å². The van der Waals surface area contributed by atoms with Crippen molar-refractivity contribution in [3.63, 3.8) is 0 Å². The fraction of sp³-hybridized carbons (Fsp3) is 0.938. The Hall–Kier alpha value is -0.810. The lowest BCUT2D eigenvalue weighted by molar-refractivity contribution is -0.0365. The minimum Gasteiger partial charge on any atom is -0.444 e. The highest BCUT2D eigenvalue weighted by Crippen LogP contribution is 2.31. The number of carbonyl (C=O) groups is 1. The number of likely N-dealkylation sites (tertiary alicyclic amines) is 2. The van der Waals surface area contributed by atoms with Gasteiger partial charge in [0.2, 0.25) is 0 Å². The fourth-order valence-electron chi connectivity index (χ4n) is 3.37. The van der Waals surface area contributed by atoms with Gasteiger partial charge >= 0.3 is 6.09 Å². The summed E-state index contributed by atoms with van der Waals surface area (Å²) in [5.41, 5.74) is -0.575. The molecule has 2 heterocycles. The van der Waals surface area contributed by atoms with Crippen LogP contribution in [0.3, 0.4) is 0 Å².